The van der Waals surface area contributed by atoms with Crippen molar-refractivity contribution in [2.75, 3.05) is 6.54 Å². The van der Waals surface area contributed by atoms with E-state index in [9.17, 15) is 4.79 Å². The predicted molar refractivity (Wildman–Crippen MR) is 124 cm³/mol. The number of nitrogens with zero attached hydrogens (tertiary/aromatic N) is 4. The van der Waals surface area contributed by atoms with E-state index in [0.29, 0.717) is 25.0 Å². The number of aromatic nitrogens is 3. The number of hydrogen-bond acceptors (Lipinski definition) is 3. The summed E-state index contributed by atoms with van der Waals surface area (Å²) in [4.78, 5) is 24.8. The smallest absolute Gasteiger partial charge is 0.254 e. The molecule has 1 aliphatic carbocycles. The minimum atomic E-state index is 0.0630. The third kappa shape index (κ3) is 4.47. The Balaban J connectivity index is 1.70. The molecule has 152 valence electrons. The minimum absolute atomic E-state index is 0.0630. The first-order valence-corrected chi connectivity index (χ1v) is 11.5. The fourth-order valence-electron chi connectivity index (χ4n) is 4.24. The Morgan fingerprint density at radius 3 is 2.62 bits per heavy atom. The zero-order chi connectivity index (χ0) is 20.4. The molecule has 0 radical (unpaired) electrons. The summed E-state index contributed by atoms with van der Waals surface area (Å²) in [5.74, 6) is 1.39. The van der Waals surface area contributed by atoms with Crippen molar-refractivity contribution in [1.29, 1.82) is 0 Å². The normalized spacial score (nSPS) is 14.8. The molecule has 0 N–H and O–H groups in total. The topological polar surface area (TPSA) is 51.0 Å². The first kappa shape index (κ1) is 20.3. The van der Waals surface area contributed by atoms with Gasteiger partial charge >= 0.3 is 0 Å². The van der Waals surface area contributed by atoms with Gasteiger partial charge in [0.05, 0.1) is 6.54 Å². The summed E-state index contributed by atoms with van der Waals surface area (Å²) in [5.41, 5.74) is 2.59. The van der Waals surface area contributed by atoms with E-state index < -0.39 is 0 Å². The van der Waals surface area contributed by atoms with Crippen LogP contribution < -0.4 is 0 Å². The molecular formula is C23H27IN4O. The molecule has 1 aliphatic rings. The molecule has 1 amide bonds. The highest BCUT2D eigenvalue weighted by atomic mass is 127. The van der Waals surface area contributed by atoms with Crippen LogP contribution in [0.3, 0.4) is 0 Å². The SMILES string of the molecule is CC(C)CN(Cc1nc2cccnc2n1C1CCCC1)C(=O)c1ccc(I)cc1. The Bertz CT molecular complexity index is 990. The average Bonchev–Trinajstić information content (AvgIpc) is 3.34. The van der Waals surface area contributed by atoms with Gasteiger partial charge in [0.25, 0.3) is 5.91 Å². The standard InChI is InChI=1S/C23H27IN4O/c1-16(2)14-27(23(29)17-9-11-18(24)12-10-17)15-21-26-20-8-5-13-25-22(20)28(21)19-6-3-4-7-19/h5,8-13,16,19H,3-4,6-7,14-15H2,1-2H3. The van der Waals surface area contributed by atoms with Gasteiger partial charge in [-0.05, 0) is 77.7 Å². The molecule has 3 aromatic rings. The maximum absolute atomic E-state index is 13.3. The van der Waals surface area contributed by atoms with Gasteiger partial charge in [0.1, 0.15) is 11.3 Å². The quantitative estimate of drug-likeness (QED) is 0.422. The van der Waals surface area contributed by atoms with Gasteiger partial charge in [0.15, 0.2) is 5.65 Å². The Morgan fingerprint density at radius 1 is 1.21 bits per heavy atom. The van der Waals surface area contributed by atoms with E-state index in [-0.39, 0.29) is 5.91 Å². The van der Waals surface area contributed by atoms with Gasteiger partial charge < -0.3 is 9.47 Å². The Hall–Kier alpha value is -1.96. The highest BCUT2D eigenvalue weighted by Gasteiger charge is 2.26. The van der Waals surface area contributed by atoms with E-state index in [1.54, 1.807) is 0 Å². The number of benzene rings is 1. The number of imidazole rings is 1. The molecule has 4 rings (SSSR count). The Morgan fingerprint density at radius 2 is 1.93 bits per heavy atom. The molecule has 5 nitrogen and oxygen atoms in total. The molecule has 1 saturated carbocycles. The molecule has 0 bridgehead atoms. The lowest BCUT2D eigenvalue weighted by Gasteiger charge is -2.26. The van der Waals surface area contributed by atoms with Crippen LogP contribution in [0.5, 0.6) is 0 Å². The molecule has 1 fully saturated rings. The summed E-state index contributed by atoms with van der Waals surface area (Å²) in [6, 6.07) is 12.2. The van der Waals surface area contributed by atoms with Crippen molar-refractivity contribution >= 4 is 39.7 Å². The molecule has 0 saturated heterocycles. The molecule has 29 heavy (non-hydrogen) atoms. The van der Waals surface area contributed by atoms with Crippen LogP contribution in [0.4, 0.5) is 0 Å². The van der Waals surface area contributed by atoms with Crippen LogP contribution >= 0.6 is 22.6 Å². The van der Waals surface area contributed by atoms with Crippen LogP contribution in [0.2, 0.25) is 0 Å². The second-order valence-corrected chi connectivity index (χ2v) is 9.51. The van der Waals surface area contributed by atoms with Crippen LogP contribution in [0.1, 0.15) is 61.8 Å². The summed E-state index contributed by atoms with van der Waals surface area (Å²) in [7, 11) is 0. The van der Waals surface area contributed by atoms with E-state index in [1.165, 1.54) is 12.8 Å². The maximum atomic E-state index is 13.3. The number of carbonyl (C=O) groups excluding carboxylic acids is 1. The van der Waals surface area contributed by atoms with Crippen LogP contribution in [-0.2, 0) is 6.54 Å². The van der Waals surface area contributed by atoms with E-state index >= 15 is 0 Å². The molecule has 0 atom stereocenters. The number of amides is 1. The van der Waals surface area contributed by atoms with Crippen LogP contribution in [0.25, 0.3) is 11.2 Å². The zero-order valence-corrected chi connectivity index (χ0v) is 19.2. The van der Waals surface area contributed by atoms with Gasteiger partial charge in [-0.15, -0.1) is 0 Å². The summed E-state index contributed by atoms with van der Waals surface area (Å²) in [5, 5.41) is 0. The molecule has 0 unspecified atom stereocenters. The maximum Gasteiger partial charge on any atom is 0.254 e. The number of fused-ring (bicyclic) bond motifs is 1. The first-order valence-electron chi connectivity index (χ1n) is 10.4. The lowest BCUT2D eigenvalue weighted by atomic mass is 10.1. The molecule has 6 heteroatoms. The van der Waals surface area contributed by atoms with Gasteiger partial charge in [-0.3, -0.25) is 4.79 Å². The molecule has 0 spiro atoms. The fourth-order valence-corrected chi connectivity index (χ4v) is 4.60. The highest BCUT2D eigenvalue weighted by Crippen LogP contribution is 2.33. The minimum Gasteiger partial charge on any atom is -0.331 e. The van der Waals surface area contributed by atoms with Crippen molar-refractivity contribution < 1.29 is 4.79 Å². The van der Waals surface area contributed by atoms with E-state index in [1.807, 2.05) is 47.5 Å². The van der Waals surface area contributed by atoms with Crippen molar-refractivity contribution in [2.24, 2.45) is 5.92 Å². The van der Waals surface area contributed by atoms with E-state index in [2.05, 4.69) is 46.0 Å². The third-order valence-corrected chi connectivity index (χ3v) is 6.23. The third-order valence-electron chi connectivity index (χ3n) is 5.51. The lowest BCUT2D eigenvalue weighted by molar-refractivity contribution is 0.0715. The number of hydrogen-bond donors (Lipinski definition) is 0. The summed E-state index contributed by atoms with van der Waals surface area (Å²) < 4.78 is 3.43. The van der Waals surface area contributed by atoms with Gasteiger partial charge in [-0.1, -0.05) is 26.7 Å². The van der Waals surface area contributed by atoms with E-state index in [4.69, 9.17) is 4.98 Å². The second kappa shape index (κ2) is 8.81. The zero-order valence-electron chi connectivity index (χ0n) is 17.0. The monoisotopic (exact) mass is 502 g/mol. The largest absolute Gasteiger partial charge is 0.331 e. The van der Waals surface area contributed by atoms with Gasteiger partial charge in [-0.25, -0.2) is 9.97 Å². The number of carbonyl (C=O) groups is 1. The number of pyridine rings is 1. The van der Waals surface area contributed by atoms with Crippen molar-refractivity contribution in [2.45, 2.75) is 52.1 Å². The van der Waals surface area contributed by atoms with E-state index in [0.717, 1.165) is 39.0 Å². The van der Waals surface area contributed by atoms with Gasteiger partial charge in [0, 0.05) is 27.9 Å². The Kier molecular flexibility index (Phi) is 6.18. The van der Waals surface area contributed by atoms with Gasteiger partial charge in [0.2, 0.25) is 0 Å². The molecule has 2 aromatic heterocycles. The summed E-state index contributed by atoms with van der Waals surface area (Å²) in [6.45, 7) is 5.51. The molecule has 2 heterocycles. The summed E-state index contributed by atoms with van der Waals surface area (Å²) >= 11 is 2.26. The number of rotatable bonds is 6. The van der Waals surface area contributed by atoms with Crippen molar-refractivity contribution in [3.05, 3.63) is 57.6 Å². The lowest BCUT2D eigenvalue weighted by Crippen LogP contribution is -2.35. The Labute approximate surface area is 185 Å². The summed E-state index contributed by atoms with van der Waals surface area (Å²) in [6.07, 6.45) is 6.64. The van der Waals surface area contributed by atoms with Crippen molar-refractivity contribution in [1.82, 2.24) is 19.4 Å². The van der Waals surface area contributed by atoms with Crippen molar-refractivity contribution in [3.63, 3.8) is 0 Å². The fraction of sp³-hybridized carbons (Fsp3) is 0.435. The van der Waals surface area contributed by atoms with Crippen LogP contribution in [0.15, 0.2) is 42.6 Å². The van der Waals surface area contributed by atoms with Crippen LogP contribution in [0, 0.1) is 9.49 Å². The second-order valence-electron chi connectivity index (χ2n) is 8.27. The first-order chi connectivity index (χ1) is 14.0. The molecule has 1 aromatic carbocycles. The highest BCUT2D eigenvalue weighted by molar-refractivity contribution is 14.1. The molecule has 0 aliphatic heterocycles. The predicted octanol–water partition coefficient (Wildman–Crippen LogP) is 5.45. The number of halogens is 1. The molecular weight excluding hydrogens is 475 g/mol. The van der Waals surface area contributed by atoms with Crippen molar-refractivity contribution in [3.8, 4) is 0 Å². The average molecular weight is 502 g/mol. The van der Waals surface area contributed by atoms with Crippen LogP contribution in [-0.4, -0.2) is 31.9 Å². The van der Waals surface area contributed by atoms with Gasteiger partial charge in [-0.2, -0.15) is 0 Å².